The largest absolute Gasteiger partial charge is 0.451 e. The van der Waals surface area contributed by atoms with Crippen LogP contribution in [0.5, 0.6) is 0 Å². The van der Waals surface area contributed by atoms with Gasteiger partial charge in [0.1, 0.15) is 5.82 Å². The van der Waals surface area contributed by atoms with Gasteiger partial charge < -0.3 is 10.1 Å². The van der Waals surface area contributed by atoms with E-state index in [4.69, 9.17) is 4.74 Å². The van der Waals surface area contributed by atoms with Crippen molar-refractivity contribution in [3.05, 3.63) is 77.9 Å². The van der Waals surface area contributed by atoms with Crippen LogP contribution in [-0.2, 0) is 16.1 Å². The molecule has 0 spiro atoms. The Bertz CT molecular complexity index is 905. The standard InChI is InChI=1S/C19H15FN2O3/c20-15-7-5-13(6-8-15)11-22-17(23)12-25-19(24)18-16-4-2-1-3-14(16)9-10-21-18/h1-10H,11-12H2,(H,22,23). The summed E-state index contributed by atoms with van der Waals surface area (Å²) in [6, 6.07) is 14.9. The van der Waals surface area contributed by atoms with Crippen LogP contribution in [0.15, 0.2) is 60.8 Å². The molecule has 25 heavy (non-hydrogen) atoms. The Labute approximate surface area is 143 Å². The number of fused-ring (bicyclic) bond motifs is 1. The van der Waals surface area contributed by atoms with Gasteiger partial charge in [0.2, 0.25) is 0 Å². The number of carbonyl (C=O) groups excluding carboxylic acids is 2. The molecule has 1 amide bonds. The number of halogens is 1. The summed E-state index contributed by atoms with van der Waals surface area (Å²) in [6.07, 6.45) is 1.52. The molecule has 1 N–H and O–H groups in total. The maximum atomic E-state index is 12.8. The molecule has 0 saturated carbocycles. The third-order valence-electron chi connectivity index (χ3n) is 3.60. The second kappa shape index (κ2) is 7.53. The number of rotatable bonds is 5. The average Bonchev–Trinajstić information content (AvgIpc) is 2.65. The Morgan fingerprint density at radius 3 is 2.60 bits per heavy atom. The molecule has 0 aliphatic rings. The van der Waals surface area contributed by atoms with Crippen molar-refractivity contribution in [2.24, 2.45) is 0 Å². The molecule has 3 rings (SSSR count). The number of esters is 1. The Kier molecular flexibility index (Phi) is 4.99. The number of carbonyl (C=O) groups is 2. The van der Waals surface area contributed by atoms with E-state index in [0.717, 1.165) is 10.9 Å². The van der Waals surface area contributed by atoms with Crippen molar-refractivity contribution in [1.82, 2.24) is 10.3 Å². The van der Waals surface area contributed by atoms with Crippen LogP contribution < -0.4 is 5.32 Å². The fourth-order valence-corrected chi connectivity index (χ4v) is 2.34. The van der Waals surface area contributed by atoms with Crippen molar-refractivity contribution in [3.63, 3.8) is 0 Å². The molecule has 0 fully saturated rings. The summed E-state index contributed by atoms with van der Waals surface area (Å²) in [6.45, 7) is -0.186. The van der Waals surface area contributed by atoms with Gasteiger partial charge in [0.15, 0.2) is 12.3 Å². The minimum absolute atomic E-state index is 0.171. The predicted octanol–water partition coefficient (Wildman–Crippen LogP) is 2.85. The summed E-state index contributed by atoms with van der Waals surface area (Å²) in [5.74, 6) is -1.45. The average molecular weight is 338 g/mol. The zero-order chi connectivity index (χ0) is 17.6. The van der Waals surface area contributed by atoms with Crippen LogP contribution in [0, 0.1) is 5.82 Å². The van der Waals surface area contributed by atoms with Gasteiger partial charge in [-0.1, -0.05) is 36.4 Å². The minimum Gasteiger partial charge on any atom is -0.451 e. The van der Waals surface area contributed by atoms with E-state index < -0.39 is 18.5 Å². The van der Waals surface area contributed by atoms with E-state index in [1.165, 1.54) is 18.3 Å². The highest BCUT2D eigenvalue weighted by atomic mass is 19.1. The van der Waals surface area contributed by atoms with E-state index >= 15 is 0 Å². The molecule has 0 aliphatic heterocycles. The molecule has 3 aromatic rings. The van der Waals surface area contributed by atoms with Gasteiger partial charge in [-0.3, -0.25) is 4.79 Å². The third-order valence-corrected chi connectivity index (χ3v) is 3.60. The maximum absolute atomic E-state index is 12.8. The van der Waals surface area contributed by atoms with E-state index in [0.29, 0.717) is 5.39 Å². The molecule has 0 saturated heterocycles. The van der Waals surface area contributed by atoms with Crippen LogP contribution in [0.2, 0.25) is 0 Å². The molecule has 6 heteroatoms. The SMILES string of the molecule is O=C(COC(=O)c1nccc2ccccc12)NCc1ccc(F)cc1. The number of aromatic nitrogens is 1. The Morgan fingerprint density at radius 2 is 1.80 bits per heavy atom. The Balaban J connectivity index is 1.56. The molecule has 1 aromatic heterocycles. The smallest absolute Gasteiger partial charge is 0.358 e. The fourth-order valence-electron chi connectivity index (χ4n) is 2.34. The summed E-state index contributed by atoms with van der Waals surface area (Å²) in [5.41, 5.74) is 0.918. The van der Waals surface area contributed by atoms with Gasteiger partial charge in [-0.25, -0.2) is 14.2 Å². The van der Waals surface area contributed by atoms with Crippen LogP contribution in [0.1, 0.15) is 16.1 Å². The molecule has 1 heterocycles. The van der Waals surface area contributed by atoms with Crippen molar-refractivity contribution in [3.8, 4) is 0 Å². The molecule has 2 aromatic carbocycles. The van der Waals surface area contributed by atoms with E-state index in [9.17, 15) is 14.0 Å². The topological polar surface area (TPSA) is 68.3 Å². The van der Waals surface area contributed by atoms with Gasteiger partial charge in [-0.2, -0.15) is 0 Å². The van der Waals surface area contributed by atoms with Crippen molar-refractivity contribution < 1.29 is 18.7 Å². The fraction of sp³-hybridized carbons (Fsp3) is 0.105. The van der Waals surface area contributed by atoms with Crippen LogP contribution in [0.3, 0.4) is 0 Å². The number of nitrogens with one attached hydrogen (secondary N) is 1. The number of hydrogen-bond donors (Lipinski definition) is 1. The summed E-state index contributed by atoms with van der Waals surface area (Å²) in [7, 11) is 0. The molecule has 0 radical (unpaired) electrons. The molecule has 0 bridgehead atoms. The van der Waals surface area contributed by atoms with Gasteiger partial charge in [0.05, 0.1) is 0 Å². The van der Waals surface area contributed by atoms with Crippen LogP contribution in [0.25, 0.3) is 10.8 Å². The molecule has 5 nitrogen and oxygen atoms in total. The lowest BCUT2D eigenvalue weighted by Crippen LogP contribution is -2.28. The molecule has 126 valence electrons. The maximum Gasteiger partial charge on any atom is 0.358 e. The normalized spacial score (nSPS) is 10.4. The number of ether oxygens (including phenoxy) is 1. The van der Waals surface area contributed by atoms with Crippen molar-refractivity contribution in [2.75, 3.05) is 6.61 Å². The Morgan fingerprint density at radius 1 is 1.04 bits per heavy atom. The summed E-state index contributed by atoms with van der Waals surface area (Å²) >= 11 is 0. The quantitative estimate of drug-likeness (QED) is 0.727. The molecular weight excluding hydrogens is 323 g/mol. The van der Waals surface area contributed by atoms with Crippen LogP contribution in [0.4, 0.5) is 4.39 Å². The highest BCUT2D eigenvalue weighted by Gasteiger charge is 2.14. The number of nitrogens with zero attached hydrogens (tertiary/aromatic N) is 1. The summed E-state index contributed by atoms with van der Waals surface area (Å²) in [5, 5.41) is 4.14. The molecule has 0 unspecified atom stereocenters. The van der Waals surface area contributed by atoms with Gasteiger partial charge in [-0.05, 0) is 29.1 Å². The van der Waals surface area contributed by atoms with Gasteiger partial charge in [-0.15, -0.1) is 0 Å². The van der Waals surface area contributed by atoms with Gasteiger partial charge in [0.25, 0.3) is 5.91 Å². The van der Waals surface area contributed by atoms with E-state index in [1.807, 2.05) is 12.1 Å². The van der Waals surface area contributed by atoms with E-state index in [2.05, 4.69) is 10.3 Å². The van der Waals surface area contributed by atoms with Gasteiger partial charge >= 0.3 is 5.97 Å². The van der Waals surface area contributed by atoms with Crippen molar-refractivity contribution in [2.45, 2.75) is 6.54 Å². The number of benzene rings is 2. The number of hydrogen-bond acceptors (Lipinski definition) is 4. The minimum atomic E-state index is -0.659. The van der Waals surface area contributed by atoms with E-state index in [-0.39, 0.29) is 18.1 Å². The molecular formula is C19H15FN2O3. The van der Waals surface area contributed by atoms with Crippen molar-refractivity contribution in [1.29, 1.82) is 0 Å². The first-order chi connectivity index (χ1) is 12.1. The monoisotopic (exact) mass is 338 g/mol. The Hall–Kier alpha value is -3.28. The van der Waals surface area contributed by atoms with Crippen molar-refractivity contribution >= 4 is 22.6 Å². The first kappa shape index (κ1) is 16.6. The zero-order valence-electron chi connectivity index (χ0n) is 13.2. The lowest BCUT2D eigenvalue weighted by atomic mass is 10.1. The predicted molar refractivity (Wildman–Crippen MR) is 90.3 cm³/mol. The number of amides is 1. The van der Waals surface area contributed by atoms with Gasteiger partial charge in [0, 0.05) is 18.1 Å². The van der Waals surface area contributed by atoms with E-state index in [1.54, 1.807) is 30.3 Å². The lowest BCUT2D eigenvalue weighted by Gasteiger charge is -2.08. The first-order valence-corrected chi connectivity index (χ1v) is 7.65. The third kappa shape index (κ3) is 4.17. The summed E-state index contributed by atoms with van der Waals surface area (Å²) < 4.78 is 17.8. The number of pyridine rings is 1. The molecule has 0 atom stereocenters. The molecule has 0 aliphatic carbocycles. The summed E-state index contributed by atoms with van der Waals surface area (Å²) in [4.78, 5) is 28.0. The van der Waals surface area contributed by atoms with Crippen LogP contribution in [-0.4, -0.2) is 23.5 Å². The second-order valence-electron chi connectivity index (χ2n) is 5.36. The first-order valence-electron chi connectivity index (χ1n) is 7.65. The lowest BCUT2D eigenvalue weighted by molar-refractivity contribution is -0.124. The highest BCUT2D eigenvalue weighted by molar-refractivity contribution is 6.02. The zero-order valence-corrected chi connectivity index (χ0v) is 13.2. The highest BCUT2D eigenvalue weighted by Crippen LogP contribution is 2.16. The second-order valence-corrected chi connectivity index (χ2v) is 5.36. The van der Waals surface area contributed by atoms with Crippen LogP contribution >= 0.6 is 0 Å².